The number of rotatable bonds is 2. The van der Waals surface area contributed by atoms with Gasteiger partial charge in [-0.1, -0.05) is 30.3 Å². The fourth-order valence-electron chi connectivity index (χ4n) is 3.18. The van der Waals surface area contributed by atoms with Crippen LogP contribution in [0.1, 0.15) is 24.0 Å². The van der Waals surface area contributed by atoms with E-state index in [-0.39, 0.29) is 17.7 Å². The molecule has 1 amide bonds. The Hall–Kier alpha value is -1.94. The number of carbonyl (C=O) groups is 1. The second-order valence-corrected chi connectivity index (χ2v) is 5.48. The zero-order chi connectivity index (χ0) is 14.1. The molecule has 0 radical (unpaired) electrons. The van der Waals surface area contributed by atoms with Crippen molar-refractivity contribution < 1.29 is 4.79 Å². The van der Waals surface area contributed by atoms with Gasteiger partial charge in [0, 0.05) is 12.5 Å². The highest BCUT2D eigenvalue weighted by molar-refractivity contribution is 5.98. The van der Waals surface area contributed by atoms with E-state index in [0.29, 0.717) is 6.54 Å². The predicted molar refractivity (Wildman–Crippen MR) is 80.0 cm³/mol. The Bertz CT molecular complexity index is 603. The number of nitrogens with one attached hydrogen (secondary N) is 1. The van der Waals surface area contributed by atoms with Crippen molar-refractivity contribution in [3.05, 3.63) is 41.5 Å². The predicted octanol–water partition coefficient (Wildman–Crippen LogP) is 1.85. The van der Waals surface area contributed by atoms with Crippen LogP contribution in [0, 0.1) is 18.8 Å². The van der Waals surface area contributed by atoms with Gasteiger partial charge in [-0.25, -0.2) is 5.43 Å². The van der Waals surface area contributed by atoms with Crippen molar-refractivity contribution in [2.75, 3.05) is 6.54 Å². The molecule has 0 bridgehead atoms. The number of hydrogen-bond acceptors (Lipinski definition) is 3. The average molecular weight is 269 g/mol. The van der Waals surface area contributed by atoms with Gasteiger partial charge in [0.1, 0.15) is 0 Å². The molecule has 104 valence electrons. The third kappa shape index (κ3) is 2.16. The van der Waals surface area contributed by atoms with E-state index in [1.807, 2.05) is 6.07 Å². The highest BCUT2D eigenvalue weighted by Crippen LogP contribution is 2.37. The molecular formula is C16H19N3O. The fraction of sp³-hybridized carbons (Fsp3) is 0.375. The van der Waals surface area contributed by atoms with Gasteiger partial charge in [-0.15, -0.1) is 0 Å². The van der Waals surface area contributed by atoms with Crippen LogP contribution in [0.25, 0.3) is 5.57 Å². The Morgan fingerprint density at radius 2 is 2.15 bits per heavy atom. The normalized spacial score (nSPS) is 25.4. The monoisotopic (exact) mass is 269 g/mol. The van der Waals surface area contributed by atoms with Gasteiger partial charge in [0.05, 0.1) is 11.6 Å². The Kier molecular flexibility index (Phi) is 3.40. The van der Waals surface area contributed by atoms with Crippen LogP contribution in [0.4, 0.5) is 0 Å². The van der Waals surface area contributed by atoms with Crippen molar-refractivity contribution >= 4 is 17.2 Å². The molecule has 3 N–H and O–H groups in total. The molecule has 0 saturated carbocycles. The minimum Gasteiger partial charge on any atom is -0.325 e. The number of nitrogens with zero attached hydrogens (tertiary/aromatic N) is 1. The number of hydrazone groups is 1. The van der Waals surface area contributed by atoms with Gasteiger partial charge >= 0.3 is 0 Å². The summed E-state index contributed by atoms with van der Waals surface area (Å²) in [6.45, 7) is 2.52. The van der Waals surface area contributed by atoms with Gasteiger partial charge < -0.3 is 5.73 Å². The molecule has 1 aromatic carbocycles. The van der Waals surface area contributed by atoms with E-state index in [1.54, 1.807) is 0 Å². The SMILES string of the molecule is Cc1ccccc1C1=CCC2C(=O)NN=C(CN)C2C1. The lowest BCUT2D eigenvalue weighted by Gasteiger charge is -2.34. The summed E-state index contributed by atoms with van der Waals surface area (Å²) in [5.41, 5.74) is 13.1. The van der Waals surface area contributed by atoms with E-state index >= 15 is 0 Å². The molecule has 20 heavy (non-hydrogen) atoms. The molecule has 0 fully saturated rings. The van der Waals surface area contributed by atoms with Crippen molar-refractivity contribution in [1.29, 1.82) is 0 Å². The minimum absolute atomic E-state index is 0.0150. The van der Waals surface area contributed by atoms with Crippen molar-refractivity contribution in [2.45, 2.75) is 19.8 Å². The van der Waals surface area contributed by atoms with Gasteiger partial charge in [-0.3, -0.25) is 4.79 Å². The molecule has 1 aliphatic heterocycles. The first-order valence-corrected chi connectivity index (χ1v) is 7.02. The quantitative estimate of drug-likeness (QED) is 0.860. The summed E-state index contributed by atoms with van der Waals surface area (Å²) in [5.74, 6) is 0.152. The van der Waals surface area contributed by atoms with Crippen molar-refractivity contribution in [1.82, 2.24) is 5.43 Å². The Balaban J connectivity index is 1.94. The highest BCUT2D eigenvalue weighted by atomic mass is 16.2. The van der Waals surface area contributed by atoms with Crippen molar-refractivity contribution in [3.8, 4) is 0 Å². The van der Waals surface area contributed by atoms with Crippen LogP contribution >= 0.6 is 0 Å². The first-order chi connectivity index (χ1) is 9.70. The van der Waals surface area contributed by atoms with Crippen LogP contribution < -0.4 is 11.2 Å². The van der Waals surface area contributed by atoms with E-state index in [4.69, 9.17) is 5.73 Å². The van der Waals surface area contributed by atoms with Gasteiger partial charge in [-0.05, 0) is 36.5 Å². The lowest BCUT2D eigenvalue weighted by atomic mass is 9.74. The van der Waals surface area contributed by atoms with Gasteiger partial charge in [-0.2, -0.15) is 5.10 Å². The zero-order valence-corrected chi connectivity index (χ0v) is 11.6. The van der Waals surface area contributed by atoms with E-state index in [1.165, 1.54) is 16.7 Å². The summed E-state index contributed by atoms with van der Waals surface area (Å²) < 4.78 is 0. The maximum atomic E-state index is 11.9. The van der Waals surface area contributed by atoms with Crippen LogP contribution in [-0.4, -0.2) is 18.2 Å². The Morgan fingerprint density at radius 3 is 2.90 bits per heavy atom. The zero-order valence-electron chi connectivity index (χ0n) is 11.6. The topological polar surface area (TPSA) is 67.5 Å². The van der Waals surface area contributed by atoms with E-state index < -0.39 is 0 Å². The average Bonchev–Trinajstić information content (AvgIpc) is 2.48. The van der Waals surface area contributed by atoms with E-state index in [0.717, 1.165) is 18.6 Å². The summed E-state index contributed by atoms with van der Waals surface area (Å²) in [6, 6.07) is 8.37. The molecule has 1 aliphatic carbocycles. The van der Waals surface area contributed by atoms with Crippen molar-refractivity contribution in [2.24, 2.45) is 22.7 Å². The summed E-state index contributed by atoms with van der Waals surface area (Å²) in [6.07, 6.45) is 3.81. The Morgan fingerprint density at radius 1 is 1.35 bits per heavy atom. The van der Waals surface area contributed by atoms with Crippen LogP contribution in [-0.2, 0) is 4.79 Å². The number of allylic oxidation sites excluding steroid dienone is 2. The molecule has 0 saturated heterocycles. The fourth-order valence-corrected chi connectivity index (χ4v) is 3.18. The second-order valence-electron chi connectivity index (χ2n) is 5.48. The lowest BCUT2D eigenvalue weighted by Crippen LogP contribution is -2.45. The molecule has 1 heterocycles. The number of nitrogens with two attached hydrogens (primary N) is 1. The van der Waals surface area contributed by atoms with Crippen LogP contribution in [0.2, 0.25) is 0 Å². The van der Waals surface area contributed by atoms with Gasteiger partial charge in [0.15, 0.2) is 0 Å². The smallest absolute Gasteiger partial charge is 0.244 e. The molecule has 4 nitrogen and oxygen atoms in total. The molecule has 0 spiro atoms. The molecule has 0 aromatic heterocycles. The number of benzene rings is 1. The number of fused-ring (bicyclic) bond motifs is 1. The number of carbonyl (C=O) groups excluding carboxylic acids is 1. The maximum Gasteiger partial charge on any atom is 0.244 e. The third-order valence-corrected chi connectivity index (χ3v) is 4.32. The lowest BCUT2D eigenvalue weighted by molar-refractivity contribution is -0.126. The summed E-state index contributed by atoms with van der Waals surface area (Å²) >= 11 is 0. The molecular weight excluding hydrogens is 250 g/mol. The summed E-state index contributed by atoms with van der Waals surface area (Å²) in [5, 5.41) is 4.13. The van der Waals surface area contributed by atoms with E-state index in [9.17, 15) is 4.79 Å². The largest absolute Gasteiger partial charge is 0.325 e. The number of aryl methyl sites for hydroxylation is 1. The molecule has 2 unspecified atom stereocenters. The third-order valence-electron chi connectivity index (χ3n) is 4.32. The highest BCUT2D eigenvalue weighted by Gasteiger charge is 2.37. The maximum absolute atomic E-state index is 11.9. The van der Waals surface area contributed by atoms with E-state index in [2.05, 4.69) is 41.7 Å². The van der Waals surface area contributed by atoms with Gasteiger partial charge in [0.2, 0.25) is 5.91 Å². The molecule has 4 heteroatoms. The van der Waals surface area contributed by atoms with Gasteiger partial charge in [0.25, 0.3) is 0 Å². The summed E-state index contributed by atoms with van der Waals surface area (Å²) in [7, 11) is 0. The van der Waals surface area contributed by atoms with Crippen LogP contribution in [0.3, 0.4) is 0 Å². The Labute approximate surface area is 118 Å². The molecule has 1 aromatic rings. The minimum atomic E-state index is -0.0150. The van der Waals surface area contributed by atoms with Crippen LogP contribution in [0.5, 0.6) is 0 Å². The number of amides is 1. The molecule has 2 atom stereocenters. The number of hydrogen-bond donors (Lipinski definition) is 2. The second kappa shape index (κ2) is 5.21. The molecule has 2 aliphatic rings. The molecule has 3 rings (SSSR count). The van der Waals surface area contributed by atoms with Crippen LogP contribution in [0.15, 0.2) is 35.4 Å². The first-order valence-electron chi connectivity index (χ1n) is 7.02. The van der Waals surface area contributed by atoms with Crippen molar-refractivity contribution in [3.63, 3.8) is 0 Å². The summed E-state index contributed by atoms with van der Waals surface area (Å²) in [4.78, 5) is 11.9. The first kappa shape index (κ1) is 13.1. The standard InChI is InChI=1S/C16H19N3O/c1-10-4-2-3-5-12(10)11-6-7-13-14(8-11)15(9-17)18-19-16(13)20/h2-6,13-14H,7-9,17H2,1H3,(H,19,20).